The summed E-state index contributed by atoms with van der Waals surface area (Å²) in [4.78, 5) is 0. The summed E-state index contributed by atoms with van der Waals surface area (Å²) in [5, 5.41) is 10.3. The Morgan fingerprint density at radius 3 is 2.29 bits per heavy atom. The third kappa shape index (κ3) is 3.37. The van der Waals surface area contributed by atoms with Crippen LogP contribution in [0.5, 0.6) is 0 Å². The van der Waals surface area contributed by atoms with E-state index in [0.29, 0.717) is 55.3 Å². The summed E-state index contributed by atoms with van der Waals surface area (Å²) in [6.45, 7) is 7.28. The Morgan fingerprint density at radius 1 is 0.935 bits per heavy atom. The highest BCUT2D eigenvalue weighted by molar-refractivity contribution is 5.32. The molecule has 3 saturated carbocycles. The van der Waals surface area contributed by atoms with Crippen molar-refractivity contribution in [1.29, 1.82) is 0 Å². The molecule has 4 heteroatoms. The highest BCUT2D eigenvalue weighted by atomic mass is 19.4. The van der Waals surface area contributed by atoms with Gasteiger partial charge in [-0.2, -0.15) is 13.2 Å². The Bertz CT molecular complexity index is 774. The summed E-state index contributed by atoms with van der Waals surface area (Å²) >= 11 is 0. The summed E-state index contributed by atoms with van der Waals surface area (Å²) < 4.78 is 39.5. The monoisotopic (exact) mass is 436 g/mol. The molecular formula is C27H39F3O. The Kier molecular flexibility index (Phi) is 5.24. The van der Waals surface area contributed by atoms with Crippen molar-refractivity contribution in [1.82, 2.24) is 0 Å². The molecule has 0 aromatic rings. The normalized spacial score (nSPS) is 50.1. The van der Waals surface area contributed by atoms with Crippen LogP contribution in [0.25, 0.3) is 0 Å². The fraction of sp³-hybridized carbons (Fsp3) is 0.852. The Morgan fingerprint density at radius 2 is 1.61 bits per heavy atom. The van der Waals surface area contributed by atoms with Crippen LogP contribution in [0.3, 0.4) is 0 Å². The van der Waals surface area contributed by atoms with Crippen molar-refractivity contribution in [3.05, 3.63) is 23.3 Å². The predicted molar refractivity (Wildman–Crippen MR) is 117 cm³/mol. The van der Waals surface area contributed by atoms with Crippen LogP contribution in [0.15, 0.2) is 23.3 Å². The van der Waals surface area contributed by atoms with Crippen LogP contribution < -0.4 is 0 Å². The molecule has 7 atom stereocenters. The van der Waals surface area contributed by atoms with Gasteiger partial charge in [0, 0.05) is 0 Å². The summed E-state index contributed by atoms with van der Waals surface area (Å²) in [7, 11) is 0. The number of halogens is 3. The van der Waals surface area contributed by atoms with Gasteiger partial charge in [0.05, 0.1) is 12.0 Å². The first kappa shape index (κ1) is 22.0. The van der Waals surface area contributed by atoms with Gasteiger partial charge in [-0.1, -0.05) is 44.1 Å². The van der Waals surface area contributed by atoms with E-state index in [9.17, 15) is 18.3 Å². The largest absolute Gasteiger partial charge is 0.393 e. The molecule has 0 unspecified atom stereocenters. The van der Waals surface area contributed by atoms with Crippen molar-refractivity contribution in [2.24, 2.45) is 46.3 Å². The molecule has 5 aliphatic rings. The molecule has 5 aliphatic carbocycles. The molecule has 1 nitrogen and oxygen atoms in total. The maximum absolute atomic E-state index is 13.2. The minimum absolute atomic E-state index is 0.168. The number of aliphatic hydroxyl groups excluding tert-OH is 1. The van der Waals surface area contributed by atoms with Crippen LogP contribution in [-0.2, 0) is 0 Å². The summed E-state index contributed by atoms with van der Waals surface area (Å²) in [6.07, 6.45) is 9.17. The van der Waals surface area contributed by atoms with Crippen LogP contribution in [0.4, 0.5) is 13.2 Å². The van der Waals surface area contributed by atoms with E-state index >= 15 is 0 Å². The summed E-state index contributed by atoms with van der Waals surface area (Å²) in [5.41, 5.74) is 3.41. The average Bonchev–Trinajstić information content (AvgIpc) is 3.06. The molecule has 0 saturated heterocycles. The van der Waals surface area contributed by atoms with Gasteiger partial charge in [0.25, 0.3) is 0 Å². The van der Waals surface area contributed by atoms with Gasteiger partial charge in [0.1, 0.15) is 0 Å². The highest BCUT2D eigenvalue weighted by Gasteiger charge is 2.59. The number of fused-ring (bicyclic) bond motifs is 5. The molecule has 0 amide bonds. The van der Waals surface area contributed by atoms with Crippen LogP contribution >= 0.6 is 0 Å². The number of hydrogen-bond acceptors (Lipinski definition) is 1. The van der Waals surface area contributed by atoms with Crippen molar-refractivity contribution >= 4 is 0 Å². The third-order valence-corrected chi connectivity index (χ3v) is 10.7. The lowest BCUT2D eigenvalue weighted by Gasteiger charge is -2.60. The standard InChI is InChI=1S/C27H39F3O/c1-16-14-19-15-20(31)10-12-25(19,2)23-11-13-26(3)21(8-9-22(26)24(16)23)17-4-6-18(7-5-17)27(28,29)30/h8,14,16-18,20,22-24,31H,4-7,9-13,15H2,1-3H3/t16-,17?,18?,20-,22-,23-,24-,25-,26+/m0/s1. The van der Waals surface area contributed by atoms with E-state index < -0.39 is 12.1 Å². The number of rotatable bonds is 1. The lowest BCUT2D eigenvalue weighted by atomic mass is 9.45. The molecule has 0 aromatic heterocycles. The maximum Gasteiger partial charge on any atom is 0.391 e. The Hall–Kier alpha value is -0.770. The lowest BCUT2D eigenvalue weighted by molar-refractivity contribution is -0.183. The first-order valence-corrected chi connectivity index (χ1v) is 12.7. The molecule has 174 valence electrons. The number of aliphatic hydroxyl groups is 1. The lowest BCUT2D eigenvalue weighted by Crippen LogP contribution is -2.52. The average molecular weight is 437 g/mol. The quantitative estimate of drug-likeness (QED) is 0.423. The van der Waals surface area contributed by atoms with Crippen molar-refractivity contribution in [3.8, 4) is 0 Å². The smallest absolute Gasteiger partial charge is 0.391 e. The minimum Gasteiger partial charge on any atom is -0.393 e. The predicted octanol–water partition coefficient (Wildman–Crippen LogP) is 7.46. The Balaban J connectivity index is 1.37. The van der Waals surface area contributed by atoms with Gasteiger partial charge in [-0.25, -0.2) is 0 Å². The third-order valence-electron chi connectivity index (χ3n) is 10.7. The van der Waals surface area contributed by atoms with Crippen LogP contribution in [0.2, 0.25) is 0 Å². The highest BCUT2D eigenvalue weighted by Crippen LogP contribution is 2.67. The second-order valence-electron chi connectivity index (χ2n) is 12.1. The van der Waals surface area contributed by atoms with Gasteiger partial charge in [0.2, 0.25) is 0 Å². The van der Waals surface area contributed by atoms with Gasteiger partial charge in [-0.05, 0) is 105 Å². The van der Waals surface area contributed by atoms with Gasteiger partial charge >= 0.3 is 6.18 Å². The van der Waals surface area contributed by atoms with E-state index in [1.54, 1.807) is 0 Å². The van der Waals surface area contributed by atoms with Crippen LogP contribution in [0, 0.1) is 46.3 Å². The van der Waals surface area contributed by atoms with Gasteiger partial charge in [-0.3, -0.25) is 0 Å². The molecule has 0 bridgehead atoms. The van der Waals surface area contributed by atoms with Gasteiger partial charge in [0.15, 0.2) is 0 Å². The van der Waals surface area contributed by atoms with Crippen LogP contribution in [-0.4, -0.2) is 17.4 Å². The topological polar surface area (TPSA) is 20.2 Å². The first-order chi connectivity index (χ1) is 14.5. The molecule has 1 N–H and O–H groups in total. The van der Waals surface area contributed by atoms with E-state index in [1.165, 1.54) is 24.0 Å². The van der Waals surface area contributed by atoms with Gasteiger partial charge in [-0.15, -0.1) is 0 Å². The van der Waals surface area contributed by atoms with E-state index in [0.717, 1.165) is 25.7 Å². The second kappa shape index (κ2) is 7.37. The number of hydrogen-bond donors (Lipinski definition) is 1. The van der Waals surface area contributed by atoms with E-state index in [1.807, 2.05) is 0 Å². The molecule has 3 fully saturated rings. The van der Waals surface area contributed by atoms with Crippen molar-refractivity contribution in [2.75, 3.05) is 0 Å². The second-order valence-corrected chi connectivity index (χ2v) is 12.1. The van der Waals surface area contributed by atoms with Crippen LogP contribution in [0.1, 0.15) is 85.0 Å². The number of allylic oxidation sites excluding steroid dienone is 3. The zero-order chi connectivity index (χ0) is 22.2. The first-order valence-electron chi connectivity index (χ1n) is 12.7. The molecule has 0 radical (unpaired) electrons. The van der Waals surface area contributed by atoms with Gasteiger partial charge < -0.3 is 5.11 Å². The van der Waals surface area contributed by atoms with Crippen molar-refractivity contribution < 1.29 is 18.3 Å². The zero-order valence-electron chi connectivity index (χ0n) is 19.3. The molecule has 5 rings (SSSR count). The molecular weight excluding hydrogens is 397 g/mol. The summed E-state index contributed by atoms with van der Waals surface area (Å²) in [6, 6.07) is 0. The minimum atomic E-state index is -4.02. The van der Waals surface area contributed by atoms with Crippen molar-refractivity contribution in [2.45, 2.75) is 97.3 Å². The molecule has 0 spiro atoms. The van der Waals surface area contributed by atoms with E-state index in [2.05, 4.69) is 32.9 Å². The molecule has 31 heavy (non-hydrogen) atoms. The summed E-state index contributed by atoms with van der Waals surface area (Å²) in [5.74, 6) is 1.75. The fourth-order valence-electron chi connectivity index (χ4n) is 8.97. The van der Waals surface area contributed by atoms with Crippen molar-refractivity contribution in [3.63, 3.8) is 0 Å². The molecule has 0 aliphatic heterocycles. The molecule has 0 heterocycles. The number of alkyl halides is 3. The molecule has 0 aromatic carbocycles. The van der Waals surface area contributed by atoms with E-state index in [4.69, 9.17) is 0 Å². The van der Waals surface area contributed by atoms with E-state index in [-0.39, 0.29) is 16.9 Å². The fourth-order valence-corrected chi connectivity index (χ4v) is 8.97. The maximum atomic E-state index is 13.2. The SMILES string of the molecule is C[C@H]1C=C2C[C@@H](O)CC[C@]2(C)[C@H]2CC[C@]3(C)C(C4CCC(C(F)(F)F)CC4)=CC[C@H]3[C@H]12. The zero-order valence-corrected chi connectivity index (χ0v) is 19.3. The Labute approximate surface area is 185 Å².